The van der Waals surface area contributed by atoms with Crippen LogP contribution in [0.1, 0.15) is 58.3 Å². The number of rotatable bonds is 3. The Bertz CT molecular complexity index is 608. The Hall–Kier alpha value is -0.613. The first kappa shape index (κ1) is 18.7. The molecule has 0 heterocycles. The quantitative estimate of drug-likeness (QED) is 0.462. The zero-order chi connectivity index (χ0) is 18.5. The van der Waals surface area contributed by atoms with E-state index in [1.54, 1.807) is 12.7 Å². The lowest BCUT2D eigenvalue weighted by Gasteiger charge is -2.54. The third kappa shape index (κ3) is 3.21. The Kier molecular flexibility index (Phi) is 4.88. The molecule has 0 unspecified atom stereocenters. The summed E-state index contributed by atoms with van der Waals surface area (Å²) in [4.78, 5) is 5.02. The van der Waals surface area contributed by atoms with Crippen molar-refractivity contribution in [3.8, 4) is 0 Å². The highest BCUT2D eigenvalue weighted by molar-refractivity contribution is 6.69. The lowest BCUT2D eigenvalue weighted by molar-refractivity contribution is -0.0465. The maximum Gasteiger partial charge on any atom is 0.184 e. The average molecular weight is 376 g/mol. The molecule has 3 saturated carbocycles. The van der Waals surface area contributed by atoms with Crippen LogP contribution in [0.15, 0.2) is 16.8 Å². The normalized spacial score (nSPS) is 44.1. The van der Waals surface area contributed by atoms with Crippen LogP contribution in [-0.4, -0.2) is 27.2 Å². The zero-order valence-electron chi connectivity index (χ0n) is 17.4. The Morgan fingerprint density at radius 3 is 2.58 bits per heavy atom. The van der Waals surface area contributed by atoms with E-state index in [9.17, 15) is 0 Å². The summed E-state index contributed by atoms with van der Waals surface area (Å²) in [5.74, 6) is 3.53. The fourth-order valence-electron chi connectivity index (χ4n) is 6.96. The van der Waals surface area contributed by atoms with Crippen LogP contribution in [0.25, 0.3) is 0 Å². The molecule has 0 aromatic heterocycles. The van der Waals surface area contributed by atoms with Crippen LogP contribution >= 0.6 is 0 Å². The van der Waals surface area contributed by atoms with Gasteiger partial charge in [0.05, 0.1) is 11.8 Å². The summed E-state index contributed by atoms with van der Waals surface area (Å²) in [6.45, 7) is 9.64. The van der Waals surface area contributed by atoms with Gasteiger partial charge in [0.15, 0.2) is 8.32 Å². The standard InChI is InChI=1S/C22H37NO2Si/c1-22-13-12-18-17-9-7-16(23-24-2)14-15(17)6-8-19(18)20(22)10-11-21(22)25-26(3,4)5/h14,17-21H,6-13H2,1-5H3/b23-16+/t17-,18+,19+,20-,21-,22-/m0/s1. The second-order valence-electron chi connectivity index (χ2n) is 10.4. The maximum atomic E-state index is 6.70. The molecular weight excluding hydrogens is 338 g/mol. The maximum absolute atomic E-state index is 6.70. The molecule has 0 bridgehead atoms. The topological polar surface area (TPSA) is 30.8 Å². The van der Waals surface area contributed by atoms with Gasteiger partial charge in [0.1, 0.15) is 7.11 Å². The van der Waals surface area contributed by atoms with Crippen molar-refractivity contribution in [2.45, 2.75) is 84.0 Å². The Labute approximate surface area is 160 Å². The Morgan fingerprint density at radius 2 is 1.85 bits per heavy atom. The molecule has 0 saturated heterocycles. The van der Waals surface area contributed by atoms with E-state index in [4.69, 9.17) is 9.26 Å². The number of allylic oxidation sites excluding steroid dienone is 2. The number of fused-ring (bicyclic) bond motifs is 5. The lowest BCUT2D eigenvalue weighted by Crippen LogP contribution is -2.49. The van der Waals surface area contributed by atoms with Gasteiger partial charge in [-0.25, -0.2) is 0 Å². The first-order chi connectivity index (χ1) is 12.3. The van der Waals surface area contributed by atoms with Gasteiger partial charge in [-0.15, -0.1) is 0 Å². The van der Waals surface area contributed by atoms with E-state index >= 15 is 0 Å². The molecule has 0 aromatic rings. The summed E-state index contributed by atoms with van der Waals surface area (Å²) in [5.41, 5.74) is 3.26. The van der Waals surface area contributed by atoms with Crippen molar-refractivity contribution in [2.75, 3.05) is 7.11 Å². The number of hydrogen-bond donors (Lipinski definition) is 0. The van der Waals surface area contributed by atoms with E-state index < -0.39 is 8.32 Å². The number of nitrogens with zero attached hydrogens (tertiary/aromatic N) is 1. The summed E-state index contributed by atoms with van der Waals surface area (Å²) in [6, 6.07) is 0. The van der Waals surface area contributed by atoms with E-state index in [1.807, 2.05) is 0 Å². The summed E-state index contributed by atoms with van der Waals surface area (Å²) >= 11 is 0. The molecule has 0 N–H and O–H groups in total. The van der Waals surface area contributed by atoms with E-state index in [-0.39, 0.29) is 0 Å². The molecule has 4 rings (SSSR count). The van der Waals surface area contributed by atoms with Crippen LogP contribution in [0.3, 0.4) is 0 Å². The molecular formula is C22H37NO2Si. The van der Waals surface area contributed by atoms with E-state index in [0.717, 1.165) is 35.8 Å². The zero-order valence-corrected chi connectivity index (χ0v) is 18.4. The van der Waals surface area contributed by atoms with Crippen LogP contribution in [0.2, 0.25) is 19.6 Å². The van der Waals surface area contributed by atoms with Crippen molar-refractivity contribution in [1.82, 2.24) is 0 Å². The molecule has 3 nitrogen and oxygen atoms in total. The molecule has 0 aliphatic heterocycles. The molecule has 0 amide bonds. The molecule has 4 aliphatic rings. The highest BCUT2D eigenvalue weighted by Gasteiger charge is 2.57. The highest BCUT2D eigenvalue weighted by atomic mass is 28.4. The molecule has 0 spiro atoms. The average Bonchev–Trinajstić information content (AvgIpc) is 2.90. The first-order valence-corrected chi connectivity index (χ1v) is 14.2. The summed E-state index contributed by atoms with van der Waals surface area (Å²) in [5, 5.41) is 4.21. The predicted molar refractivity (Wildman–Crippen MR) is 110 cm³/mol. The minimum absolute atomic E-state index is 0.431. The molecule has 4 heteroatoms. The minimum Gasteiger partial charge on any atom is -0.414 e. The predicted octanol–water partition coefficient (Wildman–Crippen LogP) is 5.78. The van der Waals surface area contributed by atoms with Gasteiger partial charge >= 0.3 is 0 Å². The van der Waals surface area contributed by atoms with Crippen molar-refractivity contribution in [3.63, 3.8) is 0 Å². The van der Waals surface area contributed by atoms with Gasteiger partial charge in [-0.1, -0.05) is 17.7 Å². The SMILES string of the molecule is CO/N=C1/C=C2CC[C@@H]3[C@H](CC[C@]4(C)[C@@H](O[Si](C)(C)C)CC[C@@H]34)[C@H]2CC1. The first-order valence-electron chi connectivity index (χ1n) is 10.8. The molecule has 3 fully saturated rings. The van der Waals surface area contributed by atoms with Gasteiger partial charge in [0.25, 0.3) is 0 Å². The van der Waals surface area contributed by atoms with Crippen molar-refractivity contribution < 1.29 is 9.26 Å². The Morgan fingerprint density at radius 1 is 1.04 bits per heavy atom. The minimum atomic E-state index is -1.47. The number of oxime groups is 1. The van der Waals surface area contributed by atoms with Gasteiger partial charge in [0.2, 0.25) is 0 Å². The fraction of sp³-hybridized carbons (Fsp3) is 0.864. The van der Waals surface area contributed by atoms with Crippen LogP contribution in [0.5, 0.6) is 0 Å². The van der Waals surface area contributed by atoms with Gasteiger partial charge in [0, 0.05) is 0 Å². The van der Waals surface area contributed by atoms with Gasteiger partial charge in [-0.2, -0.15) is 0 Å². The van der Waals surface area contributed by atoms with Crippen LogP contribution in [-0.2, 0) is 9.26 Å². The largest absolute Gasteiger partial charge is 0.414 e. The van der Waals surface area contributed by atoms with Crippen molar-refractivity contribution >= 4 is 14.0 Å². The molecule has 146 valence electrons. The Balaban J connectivity index is 1.53. The molecule has 6 atom stereocenters. The lowest BCUT2D eigenvalue weighted by atomic mass is 9.52. The fourth-order valence-corrected chi connectivity index (χ4v) is 8.20. The monoisotopic (exact) mass is 375 g/mol. The molecule has 26 heavy (non-hydrogen) atoms. The van der Waals surface area contributed by atoms with Crippen LogP contribution in [0.4, 0.5) is 0 Å². The van der Waals surface area contributed by atoms with Crippen LogP contribution < -0.4 is 0 Å². The van der Waals surface area contributed by atoms with Gasteiger partial charge < -0.3 is 9.26 Å². The van der Waals surface area contributed by atoms with Crippen molar-refractivity contribution in [2.24, 2.45) is 34.2 Å². The second-order valence-corrected chi connectivity index (χ2v) is 14.9. The third-order valence-corrected chi connectivity index (χ3v) is 8.92. The second kappa shape index (κ2) is 6.77. The summed E-state index contributed by atoms with van der Waals surface area (Å²) in [7, 11) is 0.195. The smallest absolute Gasteiger partial charge is 0.184 e. The van der Waals surface area contributed by atoms with E-state index in [2.05, 4.69) is 37.8 Å². The highest BCUT2D eigenvalue weighted by Crippen LogP contribution is 2.62. The van der Waals surface area contributed by atoms with E-state index in [0.29, 0.717) is 11.5 Å². The summed E-state index contributed by atoms with van der Waals surface area (Å²) in [6.07, 6.45) is 13.4. The van der Waals surface area contributed by atoms with Crippen molar-refractivity contribution in [3.05, 3.63) is 11.6 Å². The van der Waals surface area contributed by atoms with Crippen LogP contribution in [0, 0.1) is 29.1 Å². The molecule has 0 aromatic carbocycles. The third-order valence-electron chi connectivity index (χ3n) is 7.93. The van der Waals surface area contributed by atoms with Gasteiger partial charge in [-0.3, -0.25) is 0 Å². The summed E-state index contributed by atoms with van der Waals surface area (Å²) < 4.78 is 6.70. The molecule has 0 radical (unpaired) electrons. The number of hydrogen-bond acceptors (Lipinski definition) is 3. The van der Waals surface area contributed by atoms with Crippen molar-refractivity contribution in [1.29, 1.82) is 0 Å². The molecule has 4 aliphatic carbocycles. The van der Waals surface area contributed by atoms with Gasteiger partial charge in [-0.05, 0) is 106 Å². The van der Waals surface area contributed by atoms with E-state index in [1.165, 1.54) is 44.9 Å².